The van der Waals surface area contributed by atoms with Crippen molar-refractivity contribution in [2.75, 3.05) is 25.5 Å². The van der Waals surface area contributed by atoms with Gasteiger partial charge in [0, 0.05) is 11.7 Å². The lowest BCUT2D eigenvalue weighted by molar-refractivity contribution is -0.123. The number of carbonyl (C=O) groups excluding carboxylic acids is 2. The molecule has 24 heavy (non-hydrogen) atoms. The van der Waals surface area contributed by atoms with Crippen LogP contribution >= 0.6 is 0 Å². The molecule has 1 aromatic carbocycles. The molecule has 0 radical (unpaired) electrons. The zero-order chi connectivity index (χ0) is 18.4. The minimum atomic E-state index is -0.114. The summed E-state index contributed by atoms with van der Waals surface area (Å²) in [7, 11) is 1.77. The Bertz CT molecular complexity index is 573. The van der Waals surface area contributed by atoms with Gasteiger partial charge in [-0.3, -0.25) is 14.5 Å². The van der Waals surface area contributed by atoms with Crippen molar-refractivity contribution in [3.05, 3.63) is 28.8 Å². The molecule has 0 aliphatic heterocycles. The second-order valence-corrected chi connectivity index (χ2v) is 7.09. The summed E-state index contributed by atoms with van der Waals surface area (Å²) in [4.78, 5) is 25.9. The number of rotatable bonds is 7. The number of aryl methyl sites for hydroxylation is 3. The van der Waals surface area contributed by atoms with Gasteiger partial charge in [0.15, 0.2) is 0 Å². The molecule has 0 aliphatic rings. The molecule has 5 heteroatoms. The van der Waals surface area contributed by atoms with E-state index >= 15 is 0 Å². The van der Waals surface area contributed by atoms with Crippen molar-refractivity contribution in [2.45, 2.75) is 47.6 Å². The van der Waals surface area contributed by atoms with Crippen LogP contribution in [0.1, 0.15) is 37.5 Å². The van der Waals surface area contributed by atoms with Crippen LogP contribution in [0.3, 0.4) is 0 Å². The van der Waals surface area contributed by atoms with E-state index in [-0.39, 0.29) is 30.9 Å². The largest absolute Gasteiger partial charge is 0.352 e. The van der Waals surface area contributed by atoms with E-state index < -0.39 is 0 Å². The highest BCUT2D eigenvalue weighted by Gasteiger charge is 2.15. The van der Waals surface area contributed by atoms with Gasteiger partial charge < -0.3 is 10.6 Å². The average Bonchev–Trinajstić information content (AvgIpc) is 2.42. The first-order valence-electron chi connectivity index (χ1n) is 8.45. The summed E-state index contributed by atoms with van der Waals surface area (Å²) in [6.45, 7) is 12.5. The minimum Gasteiger partial charge on any atom is -0.352 e. The van der Waals surface area contributed by atoms with Gasteiger partial charge in [0.25, 0.3) is 0 Å². The molecule has 0 bridgehead atoms. The molecule has 0 fully saturated rings. The van der Waals surface area contributed by atoms with E-state index in [0.29, 0.717) is 5.92 Å². The van der Waals surface area contributed by atoms with E-state index in [9.17, 15) is 9.59 Å². The molecule has 5 nitrogen and oxygen atoms in total. The molecule has 134 valence electrons. The highest BCUT2D eigenvalue weighted by atomic mass is 16.2. The Morgan fingerprint density at radius 1 is 1.00 bits per heavy atom. The number of nitrogens with one attached hydrogen (secondary N) is 2. The highest BCUT2D eigenvalue weighted by Crippen LogP contribution is 2.21. The van der Waals surface area contributed by atoms with Crippen molar-refractivity contribution in [3.63, 3.8) is 0 Å². The Balaban J connectivity index is 2.55. The predicted octanol–water partition coefficient (Wildman–Crippen LogP) is 2.64. The Kier molecular flexibility index (Phi) is 7.42. The first-order chi connectivity index (χ1) is 11.1. The fourth-order valence-corrected chi connectivity index (χ4v) is 2.57. The van der Waals surface area contributed by atoms with Crippen LogP contribution in [0, 0.1) is 26.7 Å². The van der Waals surface area contributed by atoms with Gasteiger partial charge in [-0.15, -0.1) is 0 Å². The molecule has 0 aliphatic carbocycles. The van der Waals surface area contributed by atoms with E-state index in [4.69, 9.17) is 0 Å². The predicted molar refractivity (Wildman–Crippen MR) is 99.2 cm³/mol. The second-order valence-electron chi connectivity index (χ2n) is 7.09. The molecule has 1 atom stereocenters. The third kappa shape index (κ3) is 6.32. The second kappa shape index (κ2) is 8.83. The van der Waals surface area contributed by atoms with Gasteiger partial charge >= 0.3 is 0 Å². The third-order valence-electron chi connectivity index (χ3n) is 4.16. The van der Waals surface area contributed by atoms with Gasteiger partial charge in [-0.25, -0.2) is 0 Å². The van der Waals surface area contributed by atoms with Gasteiger partial charge in [-0.05, 0) is 51.8 Å². The van der Waals surface area contributed by atoms with Gasteiger partial charge in [-0.1, -0.05) is 31.5 Å². The molecule has 2 N–H and O–H groups in total. The van der Waals surface area contributed by atoms with Crippen molar-refractivity contribution in [1.82, 2.24) is 10.2 Å². The fourth-order valence-electron chi connectivity index (χ4n) is 2.57. The maximum absolute atomic E-state index is 12.2. The maximum Gasteiger partial charge on any atom is 0.238 e. The smallest absolute Gasteiger partial charge is 0.238 e. The van der Waals surface area contributed by atoms with Crippen molar-refractivity contribution in [2.24, 2.45) is 5.92 Å². The number of hydrogen-bond donors (Lipinski definition) is 2. The standard InChI is InChI=1S/C19H31N3O2/c1-12(2)16(6)20-17(23)10-22(7)11-18(24)21-19-14(4)8-13(3)9-15(19)5/h8-9,12,16H,10-11H2,1-7H3,(H,20,23)(H,21,24). The van der Waals surface area contributed by atoms with Crippen LogP contribution in [0.15, 0.2) is 12.1 Å². The summed E-state index contributed by atoms with van der Waals surface area (Å²) in [5.41, 5.74) is 4.13. The molecular formula is C19H31N3O2. The summed E-state index contributed by atoms with van der Waals surface area (Å²) in [5, 5.41) is 5.90. The minimum absolute atomic E-state index is 0.0609. The topological polar surface area (TPSA) is 61.4 Å². The van der Waals surface area contributed by atoms with Gasteiger partial charge in [-0.2, -0.15) is 0 Å². The van der Waals surface area contributed by atoms with Crippen molar-refractivity contribution < 1.29 is 9.59 Å². The van der Waals surface area contributed by atoms with E-state index in [1.165, 1.54) is 5.56 Å². The quantitative estimate of drug-likeness (QED) is 0.806. The lowest BCUT2D eigenvalue weighted by atomic mass is 10.1. The molecule has 0 heterocycles. The molecule has 0 saturated heterocycles. The normalized spacial score (nSPS) is 12.4. The van der Waals surface area contributed by atoms with Crippen LogP contribution in [-0.2, 0) is 9.59 Å². The van der Waals surface area contributed by atoms with E-state index in [1.54, 1.807) is 11.9 Å². The zero-order valence-electron chi connectivity index (χ0n) is 16.0. The van der Waals surface area contributed by atoms with Gasteiger partial charge in [0.1, 0.15) is 0 Å². The molecule has 0 aromatic heterocycles. The fraction of sp³-hybridized carbons (Fsp3) is 0.579. The van der Waals surface area contributed by atoms with Crippen molar-refractivity contribution >= 4 is 17.5 Å². The maximum atomic E-state index is 12.2. The first-order valence-corrected chi connectivity index (χ1v) is 8.45. The van der Waals surface area contributed by atoms with Crippen molar-refractivity contribution in [1.29, 1.82) is 0 Å². The van der Waals surface area contributed by atoms with Crippen molar-refractivity contribution in [3.8, 4) is 0 Å². The summed E-state index contributed by atoms with van der Waals surface area (Å²) in [5.74, 6) is 0.210. The number of nitrogens with zero attached hydrogens (tertiary/aromatic N) is 1. The lowest BCUT2D eigenvalue weighted by Gasteiger charge is -2.21. The Hall–Kier alpha value is -1.88. The van der Waals surface area contributed by atoms with E-state index in [0.717, 1.165) is 16.8 Å². The summed E-state index contributed by atoms with van der Waals surface area (Å²) in [6, 6.07) is 4.22. The summed E-state index contributed by atoms with van der Waals surface area (Å²) in [6.07, 6.45) is 0. The Morgan fingerprint density at radius 3 is 2.00 bits per heavy atom. The number of likely N-dealkylation sites (N-methyl/N-ethyl adjacent to an activating group) is 1. The summed E-state index contributed by atoms with van der Waals surface area (Å²) < 4.78 is 0. The van der Waals surface area contributed by atoms with Gasteiger partial charge in [0.2, 0.25) is 11.8 Å². The van der Waals surface area contributed by atoms with Crippen LogP contribution in [0.2, 0.25) is 0 Å². The number of anilines is 1. The lowest BCUT2D eigenvalue weighted by Crippen LogP contribution is -2.43. The highest BCUT2D eigenvalue weighted by molar-refractivity contribution is 5.94. The number of hydrogen-bond acceptors (Lipinski definition) is 3. The van der Waals surface area contributed by atoms with E-state index in [1.807, 2.05) is 39.8 Å². The summed E-state index contributed by atoms with van der Waals surface area (Å²) >= 11 is 0. The van der Waals surface area contributed by atoms with Crippen LogP contribution in [0.5, 0.6) is 0 Å². The van der Waals surface area contributed by atoms with Crippen LogP contribution in [0.25, 0.3) is 0 Å². The average molecular weight is 333 g/mol. The van der Waals surface area contributed by atoms with Crippen LogP contribution in [-0.4, -0.2) is 42.9 Å². The number of carbonyl (C=O) groups is 2. The SMILES string of the molecule is Cc1cc(C)c(NC(=O)CN(C)CC(=O)NC(C)C(C)C)c(C)c1. The molecule has 2 amide bonds. The molecule has 1 aromatic rings. The van der Waals surface area contributed by atoms with Crippen LogP contribution < -0.4 is 10.6 Å². The Morgan fingerprint density at radius 2 is 1.50 bits per heavy atom. The van der Waals surface area contributed by atoms with E-state index in [2.05, 4.69) is 24.5 Å². The molecule has 0 spiro atoms. The number of benzene rings is 1. The van der Waals surface area contributed by atoms with Crippen LogP contribution in [0.4, 0.5) is 5.69 Å². The number of amides is 2. The molecule has 1 unspecified atom stereocenters. The zero-order valence-corrected chi connectivity index (χ0v) is 16.0. The monoisotopic (exact) mass is 333 g/mol. The Labute approximate surface area is 145 Å². The third-order valence-corrected chi connectivity index (χ3v) is 4.16. The molecule has 1 rings (SSSR count). The molecular weight excluding hydrogens is 302 g/mol. The molecule has 0 saturated carbocycles. The first kappa shape index (κ1) is 20.2. The van der Waals surface area contributed by atoms with Gasteiger partial charge in [0.05, 0.1) is 13.1 Å².